The van der Waals surface area contributed by atoms with Crippen LogP contribution in [0, 0.1) is 5.92 Å². The third-order valence-electron chi connectivity index (χ3n) is 3.35. The number of aliphatic hydroxyl groups is 1. The van der Waals surface area contributed by atoms with Gasteiger partial charge < -0.3 is 16.2 Å². The standard InChI is InChI=1S/C14H22N2O2/c1-10(9-17)11(2)16-13(18)14(3,15)12-7-5-4-6-8-12/h4-8,10-11,17H,9,15H2,1-3H3,(H,16,18). The van der Waals surface area contributed by atoms with Crippen molar-refractivity contribution in [3.8, 4) is 0 Å². The summed E-state index contributed by atoms with van der Waals surface area (Å²) >= 11 is 0. The molecule has 0 aliphatic carbocycles. The zero-order valence-electron chi connectivity index (χ0n) is 11.2. The molecule has 1 aromatic rings. The Morgan fingerprint density at radius 2 is 1.94 bits per heavy atom. The Hall–Kier alpha value is -1.39. The summed E-state index contributed by atoms with van der Waals surface area (Å²) in [6.07, 6.45) is 0. The smallest absolute Gasteiger partial charge is 0.244 e. The van der Waals surface area contributed by atoms with Crippen LogP contribution in [0.2, 0.25) is 0 Å². The third-order valence-corrected chi connectivity index (χ3v) is 3.35. The van der Waals surface area contributed by atoms with Crippen LogP contribution in [0.25, 0.3) is 0 Å². The van der Waals surface area contributed by atoms with Gasteiger partial charge in [-0.05, 0) is 25.3 Å². The van der Waals surface area contributed by atoms with E-state index in [4.69, 9.17) is 10.8 Å². The number of aliphatic hydroxyl groups excluding tert-OH is 1. The molecule has 1 amide bonds. The molecule has 4 heteroatoms. The van der Waals surface area contributed by atoms with E-state index in [1.54, 1.807) is 6.92 Å². The minimum absolute atomic E-state index is 0.000485. The first-order valence-electron chi connectivity index (χ1n) is 6.15. The van der Waals surface area contributed by atoms with Crippen LogP contribution in [-0.4, -0.2) is 23.7 Å². The van der Waals surface area contributed by atoms with Crippen LogP contribution in [-0.2, 0) is 10.3 Å². The average Bonchev–Trinajstić information content (AvgIpc) is 2.38. The highest BCUT2D eigenvalue weighted by molar-refractivity contribution is 5.87. The number of hydrogen-bond donors (Lipinski definition) is 3. The van der Waals surface area contributed by atoms with Crippen LogP contribution < -0.4 is 11.1 Å². The zero-order valence-corrected chi connectivity index (χ0v) is 11.2. The first-order valence-corrected chi connectivity index (χ1v) is 6.15. The second kappa shape index (κ2) is 5.98. The molecule has 1 rings (SSSR count). The highest BCUT2D eigenvalue weighted by Crippen LogP contribution is 2.18. The van der Waals surface area contributed by atoms with Gasteiger partial charge >= 0.3 is 0 Å². The van der Waals surface area contributed by atoms with Gasteiger partial charge in [-0.3, -0.25) is 4.79 Å². The molecule has 4 nitrogen and oxygen atoms in total. The molecule has 0 spiro atoms. The molecule has 4 N–H and O–H groups in total. The second-order valence-electron chi connectivity index (χ2n) is 4.99. The van der Waals surface area contributed by atoms with Crippen LogP contribution in [0.1, 0.15) is 26.3 Å². The van der Waals surface area contributed by atoms with Gasteiger partial charge in [0.25, 0.3) is 0 Å². The van der Waals surface area contributed by atoms with Crippen molar-refractivity contribution in [2.75, 3.05) is 6.61 Å². The van der Waals surface area contributed by atoms with Crippen molar-refractivity contribution >= 4 is 5.91 Å². The Morgan fingerprint density at radius 3 is 2.44 bits per heavy atom. The molecule has 0 aromatic heterocycles. The van der Waals surface area contributed by atoms with Crippen molar-refractivity contribution in [3.05, 3.63) is 35.9 Å². The van der Waals surface area contributed by atoms with Crippen LogP contribution in [0.15, 0.2) is 30.3 Å². The molecule has 0 bridgehead atoms. The summed E-state index contributed by atoms with van der Waals surface area (Å²) in [7, 11) is 0. The quantitative estimate of drug-likeness (QED) is 0.729. The van der Waals surface area contributed by atoms with Crippen molar-refractivity contribution in [3.63, 3.8) is 0 Å². The SMILES string of the molecule is CC(CO)C(C)NC(=O)C(C)(N)c1ccccc1. The summed E-state index contributed by atoms with van der Waals surface area (Å²) < 4.78 is 0. The van der Waals surface area contributed by atoms with Crippen LogP contribution in [0.3, 0.4) is 0 Å². The summed E-state index contributed by atoms with van der Waals surface area (Å²) in [6, 6.07) is 9.14. The van der Waals surface area contributed by atoms with Crippen molar-refractivity contribution in [1.82, 2.24) is 5.32 Å². The van der Waals surface area contributed by atoms with Crippen molar-refractivity contribution in [2.45, 2.75) is 32.4 Å². The molecule has 0 saturated carbocycles. The highest BCUT2D eigenvalue weighted by Gasteiger charge is 2.31. The number of benzene rings is 1. The monoisotopic (exact) mass is 250 g/mol. The van der Waals surface area contributed by atoms with Gasteiger partial charge in [0.15, 0.2) is 0 Å². The topological polar surface area (TPSA) is 75.3 Å². The lowest BCUT2D eigenvalue weighted by molar-refractivity contribution is -0.127. The molecular formula is C14H22N2O2. The average molecular weight is 250 g/mol. The Balaban J connectivity index is 2.77. The van der Waals surface area contributed by atoms with Crippen molar-refractivity contribution in [1.29, 1.82) is 0 Å². The predicted molar refractivity (Wildman–Crippen MR) is 71.8 cm³/mol. The summed E-state index contributed by atoms with van der Waals surface area (Å²) in [4.78, 5) is 12.2. The Bertz CT molecular complexity index is 390. The van der Waals surface area contributed by atoms with E-state index >= 15 is 0 Å². The van der Waals surface area contributed by atoms with E-state index in [0.717, 1.165) is 5.56 Å². The number of hydrogen-bond acceptors (Lipinski definition) is 3. The Kier molecular flexibility index (Phi) is 4.87. The zero-order chi connectivity index (χ0) is 13.8. The van der Waals surface area contributed by atoms with Gasteiger partial charge in [0.2, 0.25) is 5.91 Å². The van der Waals surface area contributed by atoms with Gasteiger partial charge in [-0.1, -0.05) is 37.3 Å². The molecule has 0 saturated heterocycles. The molecule has 0 aliphatic rings. The maximum absolute atomic E-state index is 12.2. The minimum atomic E-state index is -1.06. The van der Waals surface area contributed by atoms with Crippen molar-refractivity contribution < 1.29 is 9.90 Å². The lowest BCUT2D eigenvalue weighted by Crippen LogP contribution is -2.52. The van der Waals surface area contributed by atoms with Gasteiger partial charge in [0.1, 0.15) is 5.54 Å². The predicted octanol–water partition coefficient (Wildman–Crippen LogP) is 0.994. The summed E-state index contributed by atoms with van der Waals surface area (Å²) in [5, 5.41) is 11.9. The molecule has 0 heterocycles. The molecule has 1 aromatic carbocycles. The number of nitrogens with one attached hydrogen (secondary N) is 1. The minimum Gasteiger partial charge on any atom is -0.396 e. The fraction of sp³-hybridized carbons (Fsp3) is 0.500. The molecule has 0 fully saturated rings. The third kappa shape index (κ3) is 3.31. The van der Waals surface area contributed by atoms with Crippen LogP contribution >= 0.6 is 0 Å². The fourth-order valence-corrected chi connectivity index (χ4v) is 1.57. The van der Waals surface area contributed by atoms with E-state index in [9.17, 15) is 4.79 Å². The molecule has 18 heavy (non-hydrogen) atoms. The molecule has 0 aliphatic heterocycles. The van der Waals surface area contributed by atoms with Crippen LogP contribution in [0.4, 0.5) is 0 Å². The molecule has 3 atom stereocenters. The molecule has 0 radical (unpaired) electrons. The summed E-state index contributed by atoms with van der Waals surface area (Å²) in [6.45, 7) is 5.46. The number of carbonyl (C=O) groups is 1. The second-order valence-corrected chi connectivity index (χ2v) is 4.99. The summed E-state index contributed by atoms with van der Waals surface area (Å²) in [5.74, 6) is -0.234. The normalized spacial score (nSPS) is 17.6. The fourth-order valence-electron chi connectivity index (χ4n) is 1.57. The first-order chi connectivity index (χ1) is 8.39. The largest absolute Gasteiger partial charge is 0.396 e. The van der Waals surface area contributed by atoms with E-state index in [2.05, 4.69) is 5.32 Å². The number of nitrogens with two attached hydrogens (primary N) is 1. The summed E-state index contributed by atoms with van der Waals surface area (Å²) in [5.41, 5.74) is 5.80. The van der Waals surface area contributed by atoms with Crippen LogP contribution in [0.5, 0.6) is 0 Å². The highest BCUT2D eigenvalue weighted by atomic mass is 16.3. The number of rotatable bonds is 5. The maximum atomic E-state index is 12.2. The van der Waals surface area contributed by atoms with Gasteiger partial charge in [0.05, 0.1) is 0 Å². The van der Waals surface area contributed by atoms with E-state index in [1.807, 2.05) is 44.2 Å². The number of carbonyl (C=O) groups excluding carboxylic acids is 1. The Labute approximate surface area is 108 Å². The van der Waals surface area contributed by atoms with E-state index in [1.165, 1.54) is 0 Å². The lowest BCUT2D eigenvalue weighted by Gasteiger charge is -2.28. The van der Waals surface area contributed by atoms with Gasteiger partial charge in [-0.25, -0.2) is 0 Å². The maximum Gasteiger partial charge on any atom is 0.244 e. The van der Waals surface area contributed by atoms with Crippen molar-refractivity contribution in [2.24, 2.45) is 11.7 Å². The van der Waals surface area contributed by atoms with E-state index < -0.39 is 5.54 Å². The lowest BCUT2D eigenvalue weighted by atomic mass is 9.91. The van der Waals surface area contributed by atoms with Gasteiger partial charge in [-0.2, -0.15) is 0 Å². The molecule has 100 valence electrons. The van der Waals surface area contributed by atoms with E-state index in [-0.39, 0.29) is 24.5 Å². The Morgan fingerprint density at radius 1 is 1.39 bits per heavy atom. The van der Waals surface area contributed by atoms with E-state index in [0.29, 0.717) is 0 Å². The van der Waals surface area contributed by atoms with Gasteiger partial charge in [-0.15, -0.1) is 0 Å². The molecule has 3 unspecified atom stereocenters. The van der Waals surface area contributed by atoms with Gasteiger partial charge in [0, 0.05) is 12.6 Å². The molecular weight excluding hydrogens is 228 g/mol. The number of amides is 1. The first kappa shape index (κ1) is 14.7.